The molecule has 0 amide bonds. The van der Waals surface area contributed by atoms with Gasteiger partial charge in [-0.1, -0.05) is 11.6 Å². The normalized spacial score (nSPS) is 22.3. The van der Waals surface area contributed by atoms with Gasteiger partial charge in [-0.05, 0) is 24.7 Å². The van der Waals surface area contributed by atoms with E-state index in [1.165, 1.54) is 0 Å². The number of morpholine rings is 1. The van der Waals surface area contributed by atoms with Crippen LogP contribution in [0.5, 0.6) is 11.5 Å². The van der Waals surface area contributed by atoms with Gasteiger partial charge in [0, 0.05) is 26.2 Å². The van der Waals surface area contributed by atoms with Crippen molar-refractivity contribution in [2.75, 3.05) is 46.5 Å². The molecular formula is C15H21ClN2O3. The topological polar surface area (TPSA) is 43.0 Å². The van der Waals surface area contributed by atoms with Gasteiger partial charge in [0.25, 0.3) is 0 Å². The van der Waals surface area contributed by atoms with Crippen molar-refractivity contribution >= 4 is 11.6 Å². The summed E-state index contributed by atoms with van der Waals surface area (Å²) in [6, 6.07) is 3.91. The summed E-state index contributed by atoms with van der Waals surface area (Å²) >= 11 is 6.23. The summed E-state index contributed by atoms with van der Waals surface area (Å²) in [5, 5.41) is 4.03. The molecule has 2 aliphatic rings. The number of nitrogens with zero attached hydrogens (tertiary/aromatic N) is 1. The maximum atomic E-state index is 6.23. The van der Waals surface area contributed by atoms with Crippen LogP contribution in [0.3, 0.4) is 0 Å². The number of nitrogens with one attached hydrogen (secondary N) is 1. The molecule has 1 unspecified atom stereocenters. The molecule has 6 heteroatoms. The van der Waals surface area contributed by atoms with Gasteiger partial charge in [-0.25, -0.2) is 0 Å². The number of benzene rings is 1. The number of fused-ring (bicyclic) bond motifs is 1. The summed E-state index contributed by atoms with van der Waals surface area (Å²) < 4.78 is 16.8. The maximum absolute atomic E-state index is 6.23. The summed E-state index contributed by atoms with van der Waals surface area (Å²) in [4.78, 5) is 2.29. The number of ether oxygens (including phenoxy) is 3. The van der Waals surface area contributed by atoms with Crippen molar-refractivity contribution < 1.29 is 14.2 Å². The van der Waals surface area contributed by atoms with E-state index < -0.39 is 0 Å². The average Bonchev–Trinajstić information content (AvgIpc) is 2.47. The fraction of sp³-hybridized carbons (Fsp3) is 0.600. The zero-order chi connectivity index (χ0) is 14.7. The zero-order valence-corrected chi connectivity index (χ0v) is 13.0. The molecule has 0 bridgehead atoms. The first-order valence-electron chi connectivity index (χ1n) is 7.31. The van der Waals surface area contributed by atoms with Gasteiger partial charge in [0.2, 0.25) is 0 Å². The Hall–Kier alpha value is -1.01. The van der Waals surface area contributed by atoms with Gasteiger partial charge in [0.15, 0.2) is 11.5 Å². The van der Waals surface area contributed by atoms with Crippen molar-refractivity contribution in [2.24, 2.45) is 0 Å². The van der Waals surface area contributed by atoms with Crippen LogP contribution in [0.2, 0.25) is 5.02 Å². The van der Waals surface area contributed by atoms with E-state index in [-0.39, 0.29) is 6.10 Å². The number of hydrogen-bond donors (Lipinski definition) is 1. The van der Waals surface area contributed by atoms with Crippen LogP contribution in [0.4, 0.5) is 0 Å². The van der Waals surface area contributed by atoms with Crippen molar-refractivity contribution in [1.29, 1.82) is 0 Å². The second-order valence-electron chi connectivity index (χ2n) is 5.49. The Kier molecular flexibility index (Phi) is 4.85. The predicted molar refractivity (Wildman–Crippen MR) is 81.4 cm³/mol. The maximum Gasteiger partial charge on any atom is 0.179 e. The molecule has 0 aliphatic carbocycles. The van der Waals surface area contributed by atoms with Gasteiger partial charge in [-0.3, -0.25) is 0 Å². The Balaban J connectivity index is 1.54. The molecule has 0 saturated carbocycles. The molecule has 2 aliphatic heterocycles. The standard InChI is InChI=1S/C15H21ClN2O3/c1-18-2-3-19-12(10-18)9-17-8-11-6-13(16)15-14(7-11)20-4-5-21-15/h6-7,12,17H,2-5,8-10H2,1H3. The molecule has 0 aromatic heterocycles. The SMILES string of the molecule is CN1CCOC(CNCc2cc(Cl)c3c(c2)OCCO3)C1. The zero-order valence-electron chi connectivity index (χ0n) is 12.2. The third-order valence-corrected chi connectivity index (χ3v) is 3.98. The lowest BCUT2D eigenvalue weighted by Crippen LogP contribution is -2.44. The number of likely N-dealkylation sites (N-methyl/N-ethyl adjacent to an activating group) is 1. The number of halogens is 1. The van der Waals surface area contributed by atoms with E-state index in [0.717, 1.165) is 44.1 Å². The third-order valence-electron chi connectivity index (χ3n) is 3.70. The minimum Gasteiger partial charge on any atom is -0.486 e. The van der Waals surface area contributed by atoms with Crippen LogP contribution in [0.1, 0.15) is 5.56 Å². The van der Waals surface area contributed by atoms with Gasteiger partial charge < -0.3 is 24.4 Å². The molecular weight excluding hydrogens is 292 g/mol. The van der Waals surface area contributed by atoms with Crippen molar-refractivity contribution in [2.45, 2.75) is 12.6 Å². The van der Waals surface area contributed by atoms with Crippen LogP contribution in [0.25, 0.3) is 0 Å². The molecule has 0 radical (unpaired) electrons. The summed E-state index contributed by atoms with van der Waals surface area (Å²) in [5.74, 6) is 1.39. The lowest BCUT2D eigenvalue weighted by molar-refractivity contribution is -0.0182. The molecule has 2 heterocycles. The van der Waals surface area contributed by atoms with Crippen LogP contribution >= 0.6 is 11.6 Å². The highest BCUT2D eigenvalue weighted by atomic mass is 35.5. The van der Waals surface area contributed by atoms with E-state index in [4.69, 9.17) is 25.8 Å². The molecule has 1 aromatic rings. The smallest absolute Gasteiger partial charge is 0.179 e. The van der Waals surface area contributed by atoms with E-state index in [9.17, 15) is 0 Å². The van der Waals surface area contributed by atoms with Crippen LogP contribution in [-0.4, -0.2) is 57.5 Å². The van der Waals surface area contributed by atoms with Crippen LogP contribution < -0.4 is 14.8 Å². The minimum absolute atomic E-state index is 0.247. The molecule has 1 atom stereocenters. The molecule has 1 aromatic carbocycles. The first kappa shape index (κ1) is 14.9. The van der Waals surface area contributed by atoms with Crippen molar-refractivity contribution in [3.63, 3.8) is 0 Å². The molecule has 5 nitrogen and oxygen atoms in total. The van der Waals surface area contributed by atoms with Crippen LogP contribution in [0, 0.1) is 0 Å². The van der Waals surface area contributed by atoms with Gasteiger partial charge in [0.1, 0.15) is 13.2 Å². The van der Waals surface area contributed by atoms with E-state index in [1.54, 1.807) is 0 Å². The van der Waals surface area contributed by atoms with Gasteiger partial charge >= 0.3 is 0 Å². The molecule has 1 fully saturated rings. The molecule has 21 heavy (non-hydrogen) atoms. The second kappa shape index (κ2) is 6.83. The Labute approximate surface area is 130 Å². The van der Waals surface area contributed by atoms with E-state index in [1.807, 2.05) is 12.1 Å². The van der Waals surface area contributed by atoms with Crippen LogP contribution in [-0.2, 0) is 11.3 Å². The van der Waals surface area contributed by atoms with Gasteiger partial charge in [0.05, 0.1) is 17.7 Å². The Morgan fingerprint density at radius 2 is 2.14 bits per heavy atom. The fourth-order valence-electron chi connectivity index (χ4n) is 2.63. The fourth-order valence-corrected chi connectivity index (χ4v) is 2.92. The monoisotopic (exact) mass is 312 g/mol. The first-order valence-corrected chi connectivity index (χ1v) is 7.69. The summed E-state index contributed by atoms with van der Waals surface area (Å²) in [6.07, 6.45) is 0.247. The van der Waals surface area contributed by atoms with E-state index in [0.29, 0.717) is 24.0 Å². The second-order valence-corrected chi connectivity index (χ2v) is 5.89. The molecule has 3 rings (SSSR count). The first-order chi connectivity index (χ1) is 10.2. The minimum atomic E-state index is 0.247. The average molecular weight is 313 g/mol. The van der Waals surface area contributed by atoms with Gasteiger partial charge in [-0.2, -0.15) is 0 Å². The Morgan fingerprint density at radius 1 is 1.29 bits per heavy atom. The molecule has 1 N–H and O–H groups in total. The predicted octanol–water partition coefficient (Wildman–Crippen LogP) is 1.53. The van der Waals surface area contributed by atoms with Crippen LogP contribution in [0.15, 0.2) is 12.1 Å². The molecule has 116 valence electrons. The third kappa shape index (κ3) is 3.80. The number of rotatable bonds is 4. The highest BCUT2D eigenvalue weighted by Gasteiger charge is 2.18. The van der Waals surface area contributed by atoms with Crippen molar-refractivity contribution in [3.8, 4) is 11.5 Å². The molecule has 1 saturated heterocycles. The van der Waals surface area contributed by atoms with Crippen molar-refractivity contribution in [3.05, 3.63) is 22.7 Å². The lowest BCUT2D eigenvalue weighted by Gasteiger charge is -2.30. The number of hydrogen-bond acceptors (Lipinski definition) is 5. The summed E-state index contributed by atoms with van der Waals surface area (Å²) in [6.45, 7) is 5.47. The quantitative estimate of drug-likeness (QED) is 0.913. The summed E-state index contributed by atoms with van der Waals surface area (Å²) in [5.41, 5.74) is 1.09. The van der Waals surface area contributed by atoms with E-state index >= 15 is 0 Å². The Bertz CT molecular complexity index is 498. The highest BCUT2D eigenvalue weighted by molar-refractivity contribution is 6.32. The lowest BCUT2D eigenvalue weighted by atomic mass is 10.2. The van der Waals surface area contributed by atoms with Crippen molar-refractivity contribution in [1.82, 2.24) is 10.2 Å². The van der Waals surface area contributed by atoms with E-state index in [2.05, 4.69) is 17.3 Å². The van der Waals surface area contributed by atoms with Gasteiger partial charge in [-0.15, -0.1) is 0 Å². The Morgan fingerprint density at radius 3 is 3.00 bits per heavy atom. The molecule has 0 spiro atoms. The largest absolute Gasteiger partial charge is 0.486 e. The highest BCUT2D eigenvalue weighted by Crippen LogP contribution is 2.38. The summed E-state index contributed by atoms with van der Waals surface area (Å²) in [7, 11) is 2.12.